The van der Waals surface area contributed by atoms with Gasteiger partial charge in [-0.05, 0) is 52.4 Å². The third-order valence-corrected chi connectivity index (χ3v) is 4.57. The minimum atomic E-state index is -4.30. The summed E-state index contributed by atoms with van der Waals surface area (Å²) in [6.45, 7) is 4.30. The summed E-state index contributed by atoms with van der Waals surface area (Å²) in [5.74, 6) is 0. The van der Waals surface area contributed by atoms with Crippen molar-refractivity contribution in [3.05, 3.63) is 28.2 Å². The minimum Gasteiger partial charge on any atom is -0.381 e. The van der Waals surface area contributed by atoms with E-state index in [0.29, 0.717) is 10.2 Å². The maximum absolute atomic E-state index is 12.7. The molecule has 2 rings (SSSR count). The highest BCUT2D eigenvalue weighted by atomic mass is 79.9. The molecule has 1 atom stereocenters. The Balaban J connectivity index is 2.25. The standard InChI is InChI=1S/C14H17BrF3N/c1-13(2)7-3-4-12(13)19-11-8-9(14(16,17)18)5-6-10(11)15/h5-6,8,12,19H,3-4,7H2,1-2H3. The molecule has 1 unspecified atom stereocenters. The van der Waals surface area contributed by atoms with Gasteiger partial charge < -0.3 is 5.32 Å². The Morgan fingerprint density at radius 2 is 2.00 bits per heavy atom. The molecule has 1 aromatic carbocycles. The molecule has 1 fully saturated rings. The average molecular weight is 336 g/mol. The van der Waals surface area contributed by atoms with Crippen LogP contribution in [0, 0.1) is 5.41 Å². The Morgan fingerprint density at radius 3 is 2.53 bits per heavy atom. The van der Waals surface area contributed by atoms with Crippen LogP contribution in [-0.2, 0) is 6.18 Å². The lowest BCUT2D eigenvalue weighted by Gasteiger charge is -2.29. The van der Waals surface area contributed by atoms with Gasteiger partial charge >= 0.3 is 6.18 Å². The molecule has 0 aliphatic heterocycles. The molecular formula is C14H17BrF3N. The number of benzene rings is 1. The van der Waals surface area contributed by atoms with Crippen LogP contribution in [0.2, 0.25) is 0 Å². The second kappa shape index (κ2) is 5.00. The summed E-state index contributed by atoms with van der Waals surface area (Å²) in [4.78, 5) is 0. The van der Waals surface area contributed by atoms with Crippen LogP contribution in [0.1, 0.15) is 38.7 Å². The van der Waals surface area contributed by atoms with Crippen LogP contribution in [0.5, 0.6) is 0 Å². The van der Waals surface area contributed by atoms with Crippen LogP contribution in [0.15, 0.2) is 22.7 Å². The zero-order valence-corrected chi connectivity index (χ0v) is 12.5. The van der Waals surface area contributed by atoms with Gasteiger partial charge in [0.25, 0.3) is 0 Å². The molecule has 0 bridgehead atoms. The van der Waals surface area contributed by atoms with Crippen LogP contribution in [0.4, 0.5) is 18.9 Å². The van der Waals surface area contributed by atoms with Crippen molar-refractivity contribution in [2.45, 2.75) is 45.3 Å². The van der Waals surface area contributed by atoms with Crippen LogP contribution in [0.3, 0.4) is 0 Å². The van der Waals surface area contributed by atoms with Crippen LogP contribution in [0.25, 0.3) is 0 Å². The van der Waals surface area contributed by atoms with Gasteiger partial charge in [-0.2, -0.15) is 13.2 Å². The zero-order chi connectivity index (χ0) is 14.3. The van der Waals surface area contributed by atoms with Crippen molar-refractivity contribution in [1.82, 2.24) is 0 Å². The lowest BCUT2D eigenvalue weighted by Crippen LogP contribution is -2.31. The zero-order valence-electron chi connectivity index (χ0n) is 10.9. The highest BCUT2D eigenvalue weighted by molar-refractivity contribution is 9.10. The van der Waals surface area contributed by atoms with Crippen molar-refractivity contribution in [1.29, 1.82) is 0 Å². The number of rotatable bonds is 2. The van der Waals surface area contributed by atoms with Gasteiger partial charge in [0.2, 0.25) is 0 Å². The summed E-state index contributed by atoms with van der Waals surface area (Å²) in [6.07, 6.45) is -1.10. The SMILES string of the molecule is CC1(C)CCCC1Nc1cc(C(F)(F)F)ccc1Br. The number of hydrogen-bond donors (Lipinski definition) is 1. The highest BCUT2D eigenvalue weighted by Gasteiger charge is 2.35. The van der Waals surface area contributed by atoms with Crippen molar-refractivity contribution in [2.24, 2.45) is 5.41 Å². The maximum Gasteiger partial charge on any atom is 0.416 e. The van der Waals surface area contributed by atoms with E-state index in [1.165, 1.54) is 12.1 Å². The van der Waals surface area contributed by atoms with E-state index < -0.39 is 11.7 Å². The van der Waals surface area contributed by atoms with Gasteiger partial charge in [0, 0.05) is 16.2 Å². The number of alkyl halides is 3. The fourth-order valence-electron chi connectivity index (χ4n) is 2.59. The summed E-state index contributed by atoms with van der Waals surface area (Å²) >= 11 is 3.31. The third-order valence-electron chi connectivity index (χ3n) is 3.88. The third kappa shape index (κ3) is 3.25. The van der Waals surface area contributed by atoms with Crippen LogP contribution < -0.4 is 5.32 Å². The van der Waals surface area contributed by atoms with E-state index >= 15 is 0 Å². The van der Waals surface area contributed by atoms with E-state index in [1.807, 2.05) is 0 Å². The Bertz CT molecular complexity index is 468. The first-order chi connectivity index (χ1) is 8.70. The monoisotopic (exact) mass is 335 g/mol. The molecular weight excluding hydrogens is 319 g/mol. The first kappa shape index (κ1) is 14.7. The Labute approximate surface area is 119 Å². The quantitative estimate of drug-likeness (QED) is 0.756. The number of nitrogens with one attached hydrogen (secondary N) is 1. The molecule has 1 aliphatic carbocycles. The molecule has 0 spiro atoms. The lowest BCUT2D eigenvalue weighted by molar-refractivity contribution is -0.137. The Kier molecular flexibility index (Phi) is 3.87. The van der Waals surface area contributed by atoms with Gasteiger partial charge in [0.1, 0.15) is 0 Å². The maximum atomic E-state index is 12.7. The van der Waals surface area contributed by atoms with Crippen LogP contribution >= 0.6 is 15.9 Å². The fourth-order valence-corrected chi connectivity index (χ4v) is 2.96. The van der Waals surface area contributed by atoms with Gasteiger partial charge in [0.15, 0.2) is 0 Å². The second-order valence-corrected chi connectivity index (χ2v) is 6.62. The van der Waals surface area contributed by atoms with E-state index in [9.17, 15) is 13.2 Å². The summed E-state index contributed by atoms with van der Waals surface area (Å²) < 4.78 is 38.8. The minimum absolute atomic E-state index is 0.119. The van der Waals surface area contributed by atoms with Crippen molar-refractivity contribution in [3.8, 4) is 0 Å². The lowest BCUT2D eigenvalue weighted by atomic mass is 9.87. The van der Waals surface area contributed by atoms with Gasteiger partial charge in [-0.3, -0.25) is 0 Å². The molecule has 1 saturated carbocycles. The molecule has 0 amide bonds. The van der Waals surface area contributed by atoms with E-state index in [0.717, 1.165) is 25.3 Å². The molecule has 0 heterocycles. The average Bonchev–Trinajstić information content (AvgIpc) is 2.60. The predicted molar refractivity (Wildman–Crippen MR) is 74.2 cm³/mol. The molecule has 0 aromatic heterocycles. The number of anilines is 1. The molecule has 0 saturated heterocycles. The molecule has 0 radical (unpaired) electrons. The van der Waals surface area contributed by atoms with E-state index in [-0.39, 0.29) is 11.5 Å². The molecule has 19 heavy (non-hydrogen) atoms. The molecule has 1 N–H and O–H groups in total. The van der Waals surface area contributed by atoms with Crippen molar-refractivity contribution >= 4 is 21.6 Å². The van der Waals surface area contributed by atoms with E-state index in [4.69, 9.17) is 0 Å². The van der Waals surface area contributed by atoms with E-state index in [1.54, 1.807) is 0 Å². The van der Waals surface area contributed by atoms with Gasteiger partial charge in [-0.1, -0.05) is 20.3 Å². The first-order valence-corrected chi connectivity index (χ1v) is 7.13. The van der Waals surface area contributed by atoms with Crippen molar-refractivity contribution in [3.63, 3.8) is 0 Å². The first-order valence-electron chi connectivity index (χ1n) is 6.33. The molecule has 5 heteroatoms. The van der Waals surface area contributed by atoms with E-state index in [2.05, 4.69) is 35.1 Å². The molecule has 1 aromatic rings. The van der Waals surface area contributed by atoms with Gasteiger partial charge in [0.05, 0.1) is 5.56 Å². The van der Waals surface area contributed by atoms with Gasteiger partial charge in [-0.25, -0.2) is 0 Å². The normalized spacial score (nSPS) is 22.5. The molecule has 106 valence electrons. The Hall–Kier alpha value is -0.710. The fraction of sp³-hybridized carbons (Fsp3) is 0.571. The summed E-state index contributed by atoms with van der Waals surface area (Å²) in [7, 11) is 0. The topological polar surface area (TPSA) is 12.0 Å². The molecule has 1 nitrogen and oxygen atoms in total. The van der Waals surface area contributed by atoms with Crippen molar-refractivity contribution in [2.75, 3.05) is 5.32 Å². The largest absolute Gasteiger partial charge is 0.416 e. The second-order valence-electron chi connectivity index (χ2n) is 5.77. The predicted octanol–water partition coefficient (Wildman–Crippen LogP) is 5.46. The smallest absolute Gasteiger partial charge is 0.381 e. The van der Waals surface area contributed by atoms with Gasteiger partial charge in [-0.15, -0.1) is 0 Å². The number of halogens is 4. The van der Waals surface area contributed by atoms with Crippen LogP contribution in [-0.4, -0.2) is 6.04 Å². The number of hydrogen-bond acceptors (Lipinski definition) is 1. The Morgan fingerprint density at radius 1 is 1.32 bits per heavy atom. The summed E-state index contributed by atoms with van der Waals surface area (Å²) in [5.41, 5.74) is 0.0250. The van der Waals surface area contributed by atoms with Crippen molar-refractivity contribution < 1.29 is 13.2 Å². The summed E-state index contributed by atoms with van der Waals surface area (Å²) in [6, 6.07) is 3.94. The highest BCUT2D eigenvalue weighted by Crippen LogP contribution is 2.41. The molecule has 1 aliphatic rings. The summed E-state index contributed by atoms with van der Waals surface area (Å²) in [5, 5.41) is 3.27.